The average molecular weight is 521 g/mol. The molecule has 0 atom stereocenters. The van der Waals surface area contributed by atoms with Gasteiger partial charge in [-0.25, -0.2) is 0 Å². The molecule has 162 valence electrons. The SMILES string of the molecule is CC(C)(C)c1c[c-]c2c(c1)-c1cc(C(C)(C)C)ccc1C2.[C-]1=CCCC1.[CH2]=[Zr+2].[Cl-].[Cl-]. The first-order valence-electron chi connectivity index (χ1n) is 10.3. The largest absolute Gasteiger partial charge is 1.00 e. The van der Waals surface area contributed by atoms with Gasteiger partial charge >= 0.3 is 28.4 Å². The molecule has 0 amide bonds. The zero-order valence-electron chi connectivity index (χ0n) is 19.3. The summed E-state index contributed by atoms with van der Waals surface area (Å²) in [5.74, 6) is 0. The summed E-state index contributed by atoms with van der Waals surface area (Å²) < 4.78 is 3.34. The number of hydrogen-bond donors (Lipinski definition) is 0. The molecule has 4 rings (SSSR count). The second kappa shape index (κ2) is 12.5. The van der Waals surface area contributed by atoms with Crippen molar-refractivity contribution < 1.29 is 49.0 Å². The molecule has 2 aromatic carbocycles. The molecule has 0 saturated carbocycles. The first-order chi connectivity index (χ1) is 13.2. The van der Waals surface area contributed by atoms with Gasteiger partial charge in [0.05, 0.1) is 0 Å². The summed E-state index contributed by atoms with van der Waals surface area (Å²) in [6.45, 7) is 13.6. The Hall–Kier alpha value is -0.487. The molecular weight excluding hydrogens is 486 g/mol. The third-order valence-electron chi connectivity index (χ3n) is 5.34. The molecule has 0 nitrogen and oxygen atoms in total. The van der Waals surface area contributed by atoms with E-state index in [9.17, 15) is 0 Å². The van der Waals surface area contributed by atoms with Crippen LogP contribution < -0.4 is 24.8 Å². The van der Waals surface area contributed by atoms with E-state index in [0.29, 0.717) is 0 Å². The topological polar surface area (TPSA) is 0 Å². The maximum absolute atomic E-state index is 3.53. The average Bonchev–Trinajstić information content (AvgIpc) is 3.32. The van der Waals surface area contributed by atoms with E-state index in [1.807, 2.05) is 0 Å². The Morgan fingerprint density at radius 3 is 1.93 bits per heavy atom. The molecule has 0 radical (unpaired) electrons. The van der Waals surface area contributed by atoms with Crippen LogP contribution in [0.1, 0.15) is 83.1 Å². The maximum Gasteiger partial charge on any atom is -1.00 e. The number of fused-ring (bicyclic) bond motifs is 3. The van der Waals surface area contributed by atoms with Gasteiger partial charge in [-0.15, -0.1) is 5.56 Å². The van der Waals surface area contributed by atoms with Crippen molar-refractivity contribution in [2.45, 2.75) is 78.1 Å². The Labute approximate surface area is 212 Å². The molecule has 0 unspecified atom stereocenters. The van der Waals surface area contributed by atoms with Gasteiger partial charge in [0.2, 0.25) is 0 Å². The van der Waals surface area contributed by atoms with E-state index in [4.69, 9.17) is 0 Å². The Morgan fingerprint density at radius 2 is 1.47 bits per heavy atom. The molecule has 2 aromatic rings. The minimum atomic E-state index is 0. The van der Waals surface area contributed by atoms with Crippen molar-refractivity contribution >= 4 is 4.21 Å². The van der Waals surface area contributed by atoms with Gasteiger partial charge in [0, 0.05) is 0 Å². The molecule has 3 heteroatoms. The summed E-state index contributed by atoms with van der Waals surface area (Å²) in [6, 6.07) is 15.1. The van der Waals surface area contributed by atoms with E-state index in [1.54, 1.807) is 0 Å². The van der Waals surface area contributed by atoms with Crippen molar-refractivity contribution in [2.24, 2.45) is 0 Å². The van der Waals surface area contributed by atoms with Gasteiger partial charge < -0.3 is 30.9 Å². The van der Waals surface area contributed by atoms with Crippen LogP contribution in [-0.4, -0.2) is 4.21 Å². The fourth-order valence-electron chi connectivity index (χ4n) is 3.50. The minimum absolute atomic E-state index is 0. The first kappa shape index (κ1) is 29.5. The van der Waals surface area contributed by atoms with Crippen LogP contribution in [0.25, 0.3) is 11.1 Å². The van der Waals surface area contributed by atoms with Crippen LogP contribution in [0.4, 0.5) is 0 Å². The molecule has 0 spiro atoms. The van der Waals surface area contributed by atoms with Gasteiger partial charge in [-0.3, -0.25) is 6.08 Å². The van der Waals surface area contributed by atoms with Gasteiger partial charge in [0.25, 0.3) is 0 Å². The normalized spacial score (nSPS) is 13.5. The fourth-order valence-corrected chi connectivity index (χ4v) is 3.50. The van der Waals surface area contributed by atoms with Crippen molar-refractivity contribution in [3.05, 3.63) is 70.8 Å². The zero-order valence-corrected chi connectivity index (χ0v) is 23.2. The Bertz CT molecular complexity index is 771. The number of rotatable bonds is 0. The Morgan fingerprint density at radius 1 is 0.867 bits per heavy atom. The van der Waals surface area contributed by atoms with Gasteiger partial charge in [0.15, 0.2) is 0 Å². The van der Waals surface area contributed by atoms with Crippen molar-refractivity contribution in [1.29, 1.82) is 0 Å². The van der Waals surface area contributed by atoms with Gasteiger partial charge in [-0.2, -0.15) is 35.7 Å². The smallest absolute Gasteiger partial charge is 1.00 e. The molecule has 0 heterocycles. The van der Waals surface area contributed by atoms with Crippen LogP contribution in [0.15, 0.2) is 36.4 Å². The van der Waals surface area contributed by atoms with Crippen LogP contribution >= 0.6 is 0 Å². The number of allylic oxidation sites excluding steroid dienone is 2. The van der Waals surface area contributed by atoms with Crippen molar-refractivity contribution in [3.8, 4) is 11.1 Å². The predicted octanol–water partition coefficient (Wildman–Crippen LogP) is 1.16. The van der Waals surface area contributed by atoms with Crippen molar-refractivity contribution in [3.63, 3.8) is 0 Å². The van der Waals surface area contributed by atoms with Gasteiger partial charge in [-0.1, -0.05) is 89.1 Å². The Kier molecular flexibility index (Phi) is 12.3. The van der Waals surface area contributed by atoms with Crippen molar-refractivity contribution in [2.75, 3.05) is 0 Å². The first-order valence-corrected chi connectivity index (χ1v) is 12.0. The Balaban J connectivity index is 0.000000809. The molecule has 0 saturated heterocycles. The number of hydrogen-bond acceptors (Lipinski definition) is 0. The van der Waals surface area contributed by atoms with E-state index in [2.05, 4.69) is 94.3 Å². The quantitative estimate of drug-likeness (QED) is 0.391. The van der Waals surface area contributed by atoms with Crippen molar-refractivity contribution in [1.82, 2.24) is 0 Å². The summed E-state index contributed by atoms with van der Waals surface area (Å²) in [4.78, 5) is 0. The van der Waals surface area contributed by atoms with Crippen LogP contribution in [0.5, 0.6) is 0 Å². The van der Waals surface area contributed by atoms with Crippen LogP contribution in [0, 0.1) is 12.1 Å². The van der Waals surface area contributed by atoms with Gasteiger partial charge in [0.1, 0.15) is 0 Å². The second-order valence-corrected chi connectivity index (χ2v) is 9.63. The van der Waals surface area contributed by atoms with Crippen LogP contribution in [0.2, 0.25) is 0 Å². The third-order valence-corrected chi connectivity index (χ3v) is 5.34. The molecule has 0 aliphatic heterocycles. The third kappa shape index (κ3) is 7.58. The summed E-state index contributed by atoms with van der Waals surface area (Å²) in [5, 5.41) is 0. The summed E-state index contributed by atoms with van der Waals surface area (Å²) in [6.07, 6.45) is 10.0. The van der Waals surface area contributed by atoms with E-state index >= 15 is 0 Å². The van der Waals surface area contributed by atoms with E-state index < -0.39 is 0 Å². The minimum Gasteiger partial charge on any atom is -1.00 e. The molecular formula is C27H34Cl2Zr-2. The second-order valence-electron chi connectivity index (χ2n) is 9.63. The van der Waals surface area contributed by atoms with Crippen LogP contribution in [-0.2, 0) is 41.5 Å². The molecule has 2 aliphatic carbocycles. The van der Waals surface area contributed by atoms with E-state index in [1.165, 1.54) is 76.9 Å². The zero-order chi connectivity index (χ0) is 20.9. The monoisotopic (exact) mass is 518 g/mol. The van der Waals surface area contributed by atoms with Crippen LogP contribution in [0.3, 0.4) is 0 Å². The summed E-state index contributed by atoms with van der Waals surface area (Å²) in [5.41, 5.74) is 8.76. The van der Waals surface area contributed by atoms with Gasteiger partial charge in [-0.05, 0) is 17.4 Å². The molecule has 0 N–H and O–H groups in total. The number of halogens is 2. The predicted molar refractivity (Wildman–Crippen MR) is 120 cm³/mol. The summed E-state index contributed by atoms with van der Waals surface area (Å²) in [7, 11) is 0. The maximum atomic E-state index is 3.53. The molecule has 30 heavy (non-hydrogen) atoms. The molecule has 0 bridgehead atoms. The van der Waals surface area contributed by atoms with E-state index in [-0.39, 0.29) is 35.6 Å². The molecule has 2 aliphatic rings. The summed E-state index contributed by atoms with van der Waals surface area (Å²) >= 11 is 1.30. The van der Waals surface area contributed by atoms with E-state index in [0.717, 1.165) is 6.42 Å². The molecule has 0 aromatic heterocycles. The fraction of sp³-hybridized carbons (Fsp3) is 0.444. The number of benzene rings is 2. The molecule has 0 fully saturated rings. The standard InChI is InChI=1S/C21H25.C5H7.CH2.2ClH.Zr/c1-20(2,3)16-9-7-14-11-15-8-10-17(21(4,5)6)13-19(15)18(14)12-16;1-2-4-5-3-1;;;;/h7,9-10,12-13H,11H2,1-6H3;1H,2,4-5H2;1H2;2*1H;/q2*-1;;;;+2/p-2.